The molecule has 2 aromatic rings. The fourth-order valence-electron chi connectivity index (χ4n) is 2.87. The van der Waals surface area contributed by atoms with E-state index in [-0.39, 0.29) is 18.4 Å². The van der Waals surface area contributed by atoms with Gasteiger partial charge in [-0.2, -0.15) is 0 Å². The number of carbonyl (C=O) groups excluding carboxylic acids is 2. The first-order valence-corrected chi connectivity index (χ1v) is 10.3. The Bertz CT molecular complexity index is 742. The van der Waals surface area contributed by atoms with Gasteiger partial charge in [-0.25, -0.2) is 0 Å². The van der Waals surface area contributed by atoms with Crippen molar-refractivity contribution in [2.75, 3.05) is 13.1 Å². The van der Waals surface area contributed by atoms with Crippen LogP contribution < -0.4 is 0 Å². The van der Waals surface area contributed by atoms with E-state index in [4.69, 9.17) is 0 Å². The van der Waals surface area contributed by atoms with E-state index in [1.807, 2.05) is 35.2 Å². The van der Waals surface area contributed by atoms with Crippen molar-refractivity contribution in [2.24, 2.45) is 5.92 Å². The lowest BCUT2D eigenvalue weighted by atomic mass is 10.1. The Balaban J connectivity index is 2.14. The monoisotopic (exact) mass is 386 g/mol. The number of hydrogen-bond donors (Lipinski definition) is 0. The highest BCUT2D eigenvalue weighted by Gasteiger charge is 2.21. The second kappa shape index (κ2) is 10.3. The van der Waals surface area contributed by atoms with Crippen LogP contribution in [0, 0.1) is 12.8 Å². The van der Waals surface area contributed by atoms with Gasteiger partial charge in [0.2, 0.25) is 11.8 Å². The van der Waals surface area contributed by atoms with Crippen molar-refractivity contribution >= 4 is 23.2 Å². The van der Waals surface area contributed by atoms with E-state index in [9.17, 15) is 9.59 Å². The van der Waals surface area contributed by atoms with Crippen LogP contribution in [-0.4, -0.2) is 34.7 Å². The molecule has 1 aromatic heterocycles. The Kier molecular flexibility index (Phi) is 8.04. The molecule has 0 unspecified atom stereocenters. The molecule has 2 rings (SSSR count). The summed E-state index contributed by atoms with van der Waals surface area (Å²) in [4.78, 5) is 31.0. The molecule has 4 nitrogen and oxygen atoms in total. The van der Waals surface area contributed by atoms with E-state index in [0.29, 0.717) is 25.6 Å². The lowest BCUT2D eigenvalue weighted by Crippen LogP contribution is -2.43. The number of amides is 2. The summed E-state index contributed by atoms with van der Waals surface area (Å²) in [5.41, 5.74) is 1.09. The van der Waals surface area contributed by atoms with Gasteiger partial charge < -0.3 is 9.80 Å². The van der Waals surface area contributed by atoms with Crippen LogP contribution >= 0.6 is 11.3 Å². The van der Waals surface area contributed by atoms with Crippen LogP contribution in [0.15, 0.2) is 42.5 Å². The fourth-order valence-corrected chi connectivity index (χ4v) is 3.77. The van der Waals surface area contributed by atoms with E-state index < -0.39 is 0 Å². The highest BCUT2D eigenvalue weighted by molar-refractivity contribution is 7.11. The average Bonchev–Trinajstić information content (AvgIpc) is 3.06. The van der Waals surface area contributed by atoms with Gasteiger partial charge >= 0.3 is 0 Å². The zero-order valence-corrected chi connectivity index (χ0v) is 17.6. The second-order valence-electron chi connectivity index (χ2n) is 7.16. The van der Waals surface area contributed by atoms with E-state index >= 15 is 0 Å². The first kappa shape index (κ1) is 21.2. The number of thiophene rings is 1. The molecule has 27 heavy (non-hydrogen) atoms. The molecule has 1 heterocycles. The van der Waals surface area contributed by atoms with Crippen LogP contribution in [-0.2, 0) is 22.7 Å². The maximum atomic E-state index is 13.1. The van der Waals surface area contributed by atoms with Crippen LogP contribution in [0.5, 0.6) is 0 Å². The molecule has 0 aliphatic carbocycles. The molecule has 0 saturated carbocycles. The Morgan fingerprint density at radius 3 is 2.30 bits per heavy atom. The maximum absolute atomic E-state index is 13.1. The molecule has 2 amide bonds. The van der Waals surface area contributed by atoms with Crippen LogP contribution in [0.2, 0.25) is 0 Å². The largest absolute Gasteiger partial charge is 0.333 e. The third kappa shape index (κ3) is 6.83. The van der Waals surface area contributed by atoms with Crippen molar-refractivity contribution in [3.8, 4) is 0 Å². The van der Waals surface area contributed by atoms with E-state index in [2.05, 4.69) is 32.9 Å². The number of rotatable bonds is 9. The Morgan fingerprint density at radius 1 is 1.04 bits per heavy atom. The highest BCUT2D eigenvalue weighted by Crippen LogP contribution is 2.19. The van der Waals surface area contributed by atoms with E-state index in [1.54, 1.807) is 23.2 Å². The van der Waals surface area contributed by atoms with Crippen LogP contribution in [0.25, 0.3) is 0 Å². The maximum Gasteiger partial charge on any atom is 0.242 e. The average molecular weight is 387 g/mol. The van der Waals surface area contributed by atoms with Crippen LogP contribution in [0.1, 0.15) is 42.5 Å². The Hall–Kier alpha value is -2.14. The van der Waals surface area contributed by atoms with Gasteiger partial charge in [-0.3, -0.25) is 9.59 Å². The number of hydrogen-bond acceptors (Lipinski definition) is 3. The summed E-state index contributed by atoms with van der Waals surface area (Å²) >= 11 is 1.71. The standard InChI is InChI=1S/C22H30N2O2S/c1-5-17(2)13-23(19(4)25)16-22(26)24(14-20-9-7-6-8-10-20)15-21-12-11-18(3)27-21/h6-12,17H,5,13-16H2,1-4H3/t17-/m1/s1. The zero-order chi connectivity index (χ0) is 19.8. The summed E-state index contributed by atoms with van der Waals surface area (Å²) < 4.78 is 0. The molecule has 0 aliphatic heterocycles. The molecule has 146 valence electrons. The molecular weight excluding hydrogens is 356 g/mol. The highest BCUT2D eigenvalue weighted by atomic mass is 32.1. The van der Waals surface area contributed by atoms with E-state index in [1.165, 1.54) is 4.88 Å². The molecule has 0 bridgehead atoms. The van der Waals surface area contributed by atoms with Gasteiger partial charge in [0.1, 0.15) is 0 Å². The summed E-state index contributed by atoms with van der Waals surface area (Å²) in [6.45, 7) is 9.70. The number of benzene rings is 1. The molecule has 5 heteroatoms. The zero-order valence-electron chi connectivity index (χ0n) is 16.8. The van der Waals surface area contributed by atoms with Gasteiger partial charge in [-0.05, 0) is 30.5 Å². The SMILES string of the molecule is CC[C@@H](C)CN(CC(=O)N(Cc1ccccc1)Cc1ccc(C)s1)C(C)=O. The normalized spacial score (nSPS) is 11.9. The van der Waals surface area contributed by atoms with Crippen molar-refractivity contribution < 1.29 is 9.59 Å². The van der Waals surface area contributed by atoms with Crippen molar-refractivity contribution in [3.63, 3.8) is 0 Å². The fraction of sp³-hybridized carbons (Fsp3) is 0.455. The third-order valence-corrected chi connectivity index (χ3v) is 5.70. The summed E-state index contributed by atoms with van der Waals surface area (Å²) in [7, 11) is 0. The molecular formula is C22H30N2O2S. The molecule has 0 N–H and O–H groups in total. The van der Waals surface area contributed by atoms with Gasteiger partial charge in [-0.15, -0.1) is 11.3 Å². The smallest absolute Gasteiger partial charge is 0.242 e. The quantitative estimate of drug-likeness (QED) is 0.637. The predicted molar refractivity (Wildman–Crippen MR) is 111 cm³/mol. The van der Waals surface area contributed by atoms with Crippen molar-refractivity contribution in [3.05, 3.63) is 57.8 Å². The van der Waals surface area contributed by atoms with Gasteiger partial charge in [0.25, 0.3) is 0 Å². The van der Waals surface area contributed by atoms with Crippen molar-refractivity contribution in [1.82, 2.24) is 9.80 Å². The molecule has 0 spiro atoms. The molecule has 1 aromatic carbocycles. The molecule has 0 saturated heterocycles. The first-order valence-electron chi connectivity index (χ1n) is 9.51. The minimum Gasteiger partial charge on any atom is -0.333 e. The molecule has 0 radical (unpaired) electrons. The number of aryl methyl sites for hydroxylation is 1. The van der Waals surface area contributed by atoms with Crippen LogP contribution in [0.4, 0.5) is 0 Å². The lowest BCUT2D eigenvalue weighted by Gasteiger charge is -2.28. The van der Waals surface area contributed by atoms with E-state index in [0.717, 1.165) is 16.9 Å². The topological polar surface area (TPSA) is 40.6 Å². The predicted octanol–water partition coefficient (Wildman–Crippen LogP) is 4.48. The summed E-state index contributed by atoms with van der Waals surface area (Å²) in [6, 6.07) is 14.2. The Labute approximate surface area is 166 Å². The molecule has 0 fully saturated rings. The van der Waals surface area contributed by atoms with Crippen molar-refractivity contribution in [2.45, 2.75) is 47.2 Å². The first-order chi connectivity index (χ1) is 12.9. The number of carbonyl (C=O) groups is 2. The van der Waals surface area contributed by atoms with Crippen LogP contribution in [0.3, 0.4) is 0 Å². The number of nitrogens with zero attached hydrogens (tertiary/aromatic N) is 2. The minimum atomic E-state index is -0.0460. The van der Waals surface area contributed by atoms with Crippen molar-refractivity contribution in [1.29, 1.82) is 0 Å². The second-order valence-corrected chi connectivity index (χ2v) is 8.53. The Morgan fingerprint density at radius 2 is 1.74 bits per heavy atom. The summed E-state index contributed by atoms with van der Waals surface area (Å²) in [5.74, 6) is 0.322. The molecule has 0 aliphatic rings. The van der Waals surface area contributed by atoms with Gasteiger partial charge in [-0.1, -0.05) is 50.6 Å². The lowest BCUT2D eigenvalue weighted by molar-refractivity contribution is -0.140. The van der Waals surface area contributed by atoms with Gasteiger partial charge in [0.15, 0.2) is 0 Å². The summed E-state index contributed by atoms with van der Waals surface area (Å²) in [5, 5.41) is 0. The molecule has 1 atom stereocenters. The minimum absolute atomic E-state index is 0.0107. The summed E-state index contributed by atoms with van der Waals surface area (Å²) in [6.07, 6.45) is 0.986. The third-order valence-electron chi connectivity index (χ3n) is 4.71. The van der Waals surface area contributed by atoms with Gasteiger partial charge in [0.05, 0.1) is 13.1 Å². The van der Waals surface area contributed by atoms with Gasteiger partial charge in [0, 0.05) is 29.8 Å².